The number of amides is 1. The normalized spacial score (nSPS) is 14.9. The van der Waals surface area contributed by atoms with Gasteiger partial charge in [0.05, 0.1) is 0 Å². The van der Waals surface area contributed by atoms with Crippen molar-refractivity contribution in [1.82, 2.24) is 20.1 Å². The summed E-state index contributed by atoms with van der Waals surface area (Å²) in [4.78, 5) is 12.2. The van der Waals surface area contributed by atoms with Crippen molar-refractivity contribution < 1.29 is 4.79 Å². The standard InChI is InChI=1S/C23H34N4O/c1-3-27-21(13-12-19-9-5-4-6-10-19)25-26-22(27)14-15-23(28)24-17-20-11-7-8-18(2)16-20/h7-8,11,16,19H,3-6,9-10,12-15,17H2,1-2H3,(H,24,28). The van der Waals surface area contributed by atoms with Gasteiger partial charge >= 0.3 is 0 Å². The lowest BCUT2D eigenvalue weighted by Crippen LogP contribution is -2.23. The van der Waals surface area contributed by atoms with Crippen molar-refractivity contribution in [2.24, 2.45) is 5.92 Å². The SMILES string of the molecule is CCn1c(CCC(=O)NCc2cccc(C)c2)nnc1CCC1CCCCC1. The van der Waals surface area contributed by atoms with Gasteiger partial charge in [-0.05, 0) is 31.7 Å². The van der Waals surface area contributed by atoms with Gasteiger partial charge in [-0.25, -0.2) is 0 Å². The molecule has 0 aliphatic heterocycles. The maximum Gasteiger partial charge on any atom is 0.220 e. The van der Waals surface area contributed by atoms with Crippen LogP contribution in [-0.2, 0) is 30.7 Å². The van der Waals surface area contributed by atoms with Crippen LogP contribution in [0.15, 0.2) is 24.3 Å². The molecule has 1 aromatic heterocycles. The first-order chi connectivity index (χ1) is 13.7. The van der Waals surface area contributed by atoms with Crippen molar-refractivity contribution in [2.75, 3.05) is 0 Å². The first-order valence-electron chi connectivity index (χ1n) is 10.9. The van der Waals surface area contributed by atoms with Gasteiger partial charge in [0.2, 0.25) is 5.91 Å². The summed E-state index contributed by atoms with van der Waals surface area (Å²) in [6.45, 7) is 5.64. The van der Waals surface area contributed by atoms with E-state index < -0.39 is 0 Å². The lowest BCUT2D eigenvalue weighted by Gasteiger charge is -2.21. The molecule has 0 bridgehead atoms. The Morgan fingerprint density at radius 3 is 2.61 bits per heavy atom. The van der Waals surface area contributed by atoms with Crippen LogP contribution in [0, 0.1) is 12.8 Å². The Kier molecular flexibility index (Phi) is 7.63. The molecule has 1 saturated carbocycles. The number of aromatic nitrogens is 3. The molecule has 2 aromatic rings. The lowest BCUT2D eigenvalue weighted by atomic mass is 9.86. The summed E-state index contributed by atoms with van der Waals surface area (Å²) < 4.78 is 2.21. The third kappa shape index (κ3) is 5.91. The van der Waals surface area contributed by atoms with Gasteiger partial charge in [0.1, 0.15) is 11.6 Å². The van der Waals surface area contributed by atoms with Crippen molar-refractivity contribution in [3.05, 3.63) is 47.0 Å². The molecule has 1 aromatic carbocycles. The van der Waals surface area contributed by atoms with Gasteiger partial charge in [-0.15, -0.1) is 10.2 Å². The summed E-state index contributed by atoms with van der Waals surface area (Å²) >= 11 is 0. The number of hydrogen-bond acceptors (Lipinski definition) is 3. The minimum absolute atomic E-state index is 0.0657. The summed E-state index contributed by atoms with van der Waals surface area (Å²) in [5.41, 5.74) is 2.35. The second-order valence-electron chi connectivity index (χ2n) is 8.09. The summed E-state index contributed by atoms with van der Waals surface area (Å²) in [5.74, 6) is 2.94. The van der Waals surface area contributed by atoms with Crippen LogP contribution in [0.2, 0.25) is 0 Å². The zero-order valence-electron chi connectivity index (χ0n) is 17.4. The second-order valence-corrected chi connectivity index (χ2v) is 8.09. The molecule has 0 spiro atoms. The molecule has 1 aliphatic rings. The van der Waals surface area contributed by atoms with Crippen LogP contribution in [0.4, 0.5) is 0 Å². The third-order valence-electron chi connectivity index (χ3n) is 5.87. The van der Waals surface area contributed by atoms with Gasteiger partial charge in [-0.1, -0.05) is 61.9 Å². The molecule has 28 heavy (non-hydrogen) atoms. The molecule has 1 heterocycles. The largest absolute Gasteiger partial charge is 0.352 e. The lowest BCUT2D eigenvalue weighted by molar-refractivity contribution is -0.121. The Hall–Kier alpha value is -2.17. The van der Waals surface area contributed by atoms with Crippen LogP contribution in [0.5, 0.6) is 0 Å². The number of nitrogens with one attached hydrogen (secondary N) is 1. The highest BCUT2D eigenvalue weighted by molar-refractivity contribution is 5.76. The Morgan fingerprint density at radius 1 is 1.14 bits per heavy atom. The fourth-order valence-electron chi connectivity index (χ4n) is 4.25. The fraction of sp³-hybridized carbons (Fsp3) is 0.609. The maximum atomic E-state index is 12.2. The highest BCUT2D eigenvalue weighted by Crippen LogP contribution is 2.27. The van der Waals surface area contributed by atoms with E-state index in [0.717, 1.165) is 36.1 Å². The van der Waals surface area contributed by atoms with Crippen LogP contribution >= 0.6 is 0 Å². The number of hydrogen-bond donors (Lipinski definition) is 1. The monoisotopic (exact) mass is 382 g/mol. The quantitative estimate of drug-likeness (QED) is 0.701. The molecule has 152 valence electrons. The second kappa shape index (κ2) is 10.4. The Morgan fingerprint density at radius 2 is 1.89 bits per heavy atom. The Balaban J connectivity index is 1.46. The van der Waals surface area contributed by atoms with Gasteiger partial charge in [-0.2, -0.15) is 0 Å². The molecule has 0 saturated heterocycles. The zero-order valence-corrected chi connectivity index (χ0v) is 17.4. The number of benzene rings is 1. The average Bonchev–Trinajstić information content (AvgIpc) is 3.12. The van der Waals surface area contributed by atoms with E-state index in [1.54, 1.807) is 0 Å². The summed E-state index contributed by atoms with van der Waals surface area (Å²) in [6.07, 6.45) is 10.2. The molecule has 5 heteroatoms. The molecule has 1 aliphatic carbocycles. The van der Waals surface area contributed by atoms with Gasteiger partial charge in [0.25, 0.3) is 0 Å². The van der Waals surface area contributed by atoms with Crippen LogP contribution in [0.25, 0.3) is 0 Å². The maximum absolute atomic E-state index is 12.2. The fourth-order valence-corrected chi connectivity index (χ4v) is 4.25. The summed E-state index contributed by atoms with van der Waals surface area (Å²) in [5, 5.41) is 11.8. The van der Waals surface area contributed by atoms with Crippen molar-refractivity contribution in [3.63, 3.8) is 0 Å². The number of carbonyl (C=O) groups is 1. The third-order valence-corrected chi connectivity index (χ3v) is 5.87. The predicted molar refractivity (Wildman–Crippen MR) is 112 cm³/mol. The van der Waals surface area contributed by atoms with E-state index in [0.29, 0.717) is 19.4 Å². The minimum atomic E-state index is 0.0657. The molecule has 5 nitrogen and oxygen atoms in total. The highest BCUT2D eigenvalue weighted by Gasteiger charge is 2.17. The van der Waals surface area contributed by atoms with E-state index in [9.17, 15) is 4.79 Å². The van der Waals surface area contributed by atoms with Crippen LogP contribution < -0.4 is 5.32 Å². The highest BCUT2D eigenvalue weighted by atomic mass is 16.1. The molecule has 0 radical (unpaired) electrons. The molecule has 0 atom stereocenters. The molecule has 1 N–H and O–H groups in total. The Bertz CT molecular complexity index is 762. The van der Waals surface area contributed by atoms with E-state index in [1.165, 1.54) is 44.1 Å². The van der Waals surface area contributed by atoms with Crippen LogP contribution in [-0.4, -0.2) is 20.7 Å². The number of carbonyl (C=O) groups excluding carboxylic acids is 1. The number of nitrogens with zero attached hydrogens (tertiary/aromatic N) is 3. The molecule has 1 amide bonds. The summed E-state index contributed by atoms with van der Waals surface area (Å²) in [7, 11) is 0. The van der Waals surface area contributed by atoms with E-state index in [-0.39, 0.29) is 5.91 Å². The van der Waals surface area contributed by atoms with E-state index >= 15 is 0 Å². The van der Waals surface area contributed by atoms with Crippen molar-refractivity contribution in [3.8, 4) is 0 Å². The molecule has 3 rings (SSSR count). The van der Waals surface area contributed by atoms with Crippen molar-refractivity contribution in [1.29, 1.82) is 0 Å². The van der Waals surface area contributed by atoms with Crippen molar-refractivity contribution in [2.45, 2.75) is 84.7 Å². The van der Waals surface area contributed by atoms with Gasteiger partial charge in [-0.3, -0.25) is 4.79 Å². The Labute approximate surface area is 168 Å². The molecule has 0 unspecified atom stereocenters. The van der Waals surface area contributed by atoms with Crippen molar-refractivity contribution >= 4 is 5.91 Å². The van der Waals surface area contributed by atoms with Gasteiger partial charge in [0.15, 0.2) is 0 Å². The topological polar surface area (TPSA) is 59.8 Å². The number of aryl methyl sites for hydroxylation is 3. The molecular formula is C23H34N4O. The first-order valence-corrected chi connectivity index (χ1v) is 10.9. The first kappa shape index (κ1) is 20.6. The predicted octanol–water partition coefficient (Wildman–Crippen LogP) is 4.37. The number of rotatable bonds is 9. The smallest absolute Gasteiger partial charge is 0.220 e. The minimum Gasteiger partial charge on any atom is -0.352 e. The zero-order chi connectivity index (χ0) is 19.8. The van der Waals surface area contributed by atoms with E-state index in [1.807, 2.05) is 12.1 Å². The summed E-state index contributed by atoms with van der Waals surface area (Å²) in [6, 6.07) is 8.23. The van der Waals surface area contributed by atoms with Crippen LogP contribution in [0.1, 0.15) is 74.6 Å². The van der Waals surface area contributed by atoms with Crippen LogP contribution in [0.3, 0.4) is 0 Å². The van der Waals surface area contributed by atoms with E-state index in [4.69, 9.17) is 0 Å². The van der Waals surface area contributed by atoms with Gasteiger partial charge in [0, 0.05) is 32.4 Å². The molecular weight excluding hydrogens is 348 g/mol. The van der Waals surface area contributed by atoms with Gasteiger partial charge < -0.3 is 9.88 Å². The van der Waals surface area contributed by atoms with E-state index in [2.05, 4.69) is 46.1 Å². The molecule has 1 fully saturated rings. The average molecular weight is 383 g/mol.